The highest BCUT2D eigenvalue weighted by Crippen LogP contribution is 2.36. The molecular weight excluding hydrogens is 228 g/mol. The Morgan fingerprint density at radius 1 is 1.44 bits per heavy atom. The van der Waals surface area contributed by atoms with Crippen molar-refractivity contribution in [1.29, 1.82) is 0 Å². The molecule has 16 heavy (non-hydrogen) atoms. The zero-order chi connectivity index (χ0) is 11.9. The number of sulfone groups is 1. The Labute approximate surface area is 96.5 Å². The zero-order valence-corrected chi connectivity index (χ0v) is 10.4. The van der Waals surface area contributed by atoms with Gasteiger partial charge in [0, 0.05) is 12.6 Å². The monoisotopic (exact) mass is 248 g/mol. The molecule has 5 nitrogen and oxygen atoms in total. The van der Waals surface area contributed by atoms with Crippen molar-refractivity contribution in [2.24, 2.45) is 11.7 Å². The Balaban J connectivity index is 2.06. The first-order valence-corrected chi connectivity index (χ1v) is 7.57. The summed E-state index contributed by atoms with van der Waals surface area (Å²) in [6.45, 7) is 0.532. The maximum atomic E-state index is 11.4. The van der Waals surface area contributed by atoms with E-state index >= 15 is 0 Å². The Hall–Kier alpha value is -0.170. The first-order valence-electron chi connectivity index (χ1n) is 5.75. The van der Waals surface area contributed by atoms with Gasteiger partial charge in [0.1, 0.15) is 0 Å². The van der Waals surface area contributed by atoms with Crippen molar-refractivity contribution in [3.63, 3.8) is 0 Å². The smallest absolute Gasteiger partial charge is 0.154 e. The number of aliphatic hydroxyl groups is 1. The number of nitrogens with zero attached hydrogens (tertiary/aromatic N) is 1. The number of hydrogen-bond donors (Lipinski definition) is 2. The molecule has 0 aromatic heterocycles. The highest BCUT2D eigenvalue weighted by Gasteiger charge is 2.43. The fourth-order valence-corrected chi connectivity index (χ4v) is 4.47. The van der Waals surface area contributed by atoms with Crippen LogP contribution >= 0.6 is 0 Å². The summed E-state index contributed by atoms with van der Waals surface area (Å²) in [6, 6.07) is -0.0629. The van der Waals surface area contributed by atoms with Crippen LogP contribution in [0.1, 0.15) is 12.8 Å². The van der Waals surface area contributed by atoms with Crippen molar-refractivity contribution in [3.05, 3.63) is 0 Å². The normalized spacial score (nSPS) is 35.5. The van der Waals surface area contributed by atoms with Gasteiger partial charge < -0.3 is 10.8 Å². The van der Waals surface area contributed by atoms with E-state index in [-0.39, 0.29) is 23.6 Å². The average molecular weight is 248 g/mol. The molecule has 2 fully saturated rings. The molecule has 0 radical (unpaired) electrons. The summed E-state index contributed by atoms with van der Waals surface area (Å²) in [5.41, 5.74) is 5.72. The second-order valence-electron chi connectivity index (χ2n) is 5.02. The van der Waals surface area contributed by atoms with Crippen molar-refractivity contribution in [3.8, 4) is 0 Å². The molecule has 3 atom stereocenters. The summed E-state index contributed by atoms with van der Waals surface area (Å²) in [7, 11) is -1.19. The van der Waals surface area contributed by atoms with Crippen LogP contribution in [0.25, 0.3) is 0 Å². The van der Waals surface area contributed by atoms with Gasteiger partial charge in [-0.2, -0.15) is 0 Å². The molecule has 1 saturated heterocycles. The van der Waals surface area contributed by atoms with Gasteiger partial charge in [-0.3, -0.25) is 4.90 Å². The fraction of sp³-hybridized carbons (Fsp3) is 1.00. The van der Waals surface area contributed by atoms with Crippen molar-refractivity contribution in [1.82, 2.24) is 4.90 Å². The van der Waals surface area contributed by atoms with E-state index in [1.807, 2.05) is 11.9 Å². The highest BCUT2D eigenvalue weighted by molar-refractivity contribution is 7.91. The summed E-state index contributed by atoms with van der Waals surface area (Å²) in [4.78, 5) is 1.98. The minimum Gasteiger partial charge on any atom is -0.390 e. The van der Waals surface area contributed by atoms with E-state index in [4.69, 9.17) is 5.73 Å². The van der Waals surface area contributed by atoms with Crippen LogP contribution in [0.3, 0.4) is 0 Å². The number of hydrogen-bond acceptors (Lipinski definition) is 5. The van der Waals surface area contributed by atoms with Crippen molar-refractivity contribution < 1.29 is 13.5 Å². The summed E-state index contributed by atoms with van der Waals surface area (Å²) in [5, 5.41) is 9.78. The summed E-state index contributed by atoms with van der Waals surface area (Å²) >= 11 is 0. The third-order valence-corrected chi connectivity index (χ3v) is 5.45. The van der Waals surface area contributed by atoms with E-state index in [0.29, 0.717) is 12.5 Å². The van der Waals surface area contributed by atoms with Crippen LogP contribution in [-0.4, -0.2) is 61.7 Å². The largest absolute Gasteiger partial charge is 0.390 e. The summed E-state index contributed by atoms with van der Waals surface area (Å²) in [5.74, 6) is 0.545. The highest BCUT2D eigenvalue weighted by atomic mass is 32.2. The number of rotatable bonds is 4. The predicted octanol–water partition coefficient (Wildman–Crippen LogP) is -1.19. The van der Waals surface area contributed by atoms with Gasteiger partial charge in [0.05, 0.1) is 23.7 Å². The molecule has 0 amide bonds. The van der Waals surface area contributed by atoms with E-state index in [1.54, 1.807) is 0 Å². The second-order valence-corrected chi connectivity index (χ2v) is 7.17. The van der Waals surface area contributed by atoms with E-state index < -0.39 is 15.9 Å². The molecule has 0 bridgehead atoms. The van der Waals surface area contributed by atoms with Crippen molar-refractivity contribution in [2.75, 3.05) is 25.1 Å². The molecule has 0 aromatic carbocycles. The molecule has 1 heterocycles. The lowest BCUT2D eigenvalue weighted by Crippen LogP contribution is -2.50. The molecule has 6 heteroatoms. The van der Waals surface area contributed by atoms with E-state index in [2.05, 4.69) is 0 Å². The van der Waals surface area contributed by atoms with Gasteiger partial charge in [0.2, 0.25) is 0 Å². The van der Waals surface area contributed by atoms with Gasteiger partial charge in [-0.25, -0.2) is 8.42 Å². The third-order valence-electron chi connectivity index (χ3n) is 3.75. The van der Waals surface area contributed by atoms with Crippen LogP contribution in [0.2, 0.25) is 0 Å². The van der Waals surface area contributed by atoms with Crippen molar-refractivity contribution >= 4 is 9.84 Å². The number of aliphatic hydroxyl groups excluding tert-OH is 1. The Bertz CT molecular complexity index is 353. The van der Waals surface area contributed by atoms with Gasteiger partial charge in [0.25, 0.3) is 0 Å². The van der Waals surface area contributed by atoms with Gasteiger partial charge in [-0.05, 0) is 25.8 Å². The molecule has 0 aromatic rings. The van der Waals surface area contributed by atoms with Gasteiger partial charge >= 0.3 is 0 Å². The first kappa shape index (κ1) is 12.3. The third kappa shape index (κ3) is 2.40. The van der Waals surface area contributed by atoms with Crippen LogP contribution in [0.4, 0.5) is 0 Å². The SMILES string of the molecule is CN(C1CS(=O)(=O)CC1O)C(CN)C1CC1. The minimum atomic E-state index is -3.07. The van der Waals surface area contributed by atoms with Crippen LogP contribution in [-0.2, 0) is 9.84 Å². The minimum absolute atomic E-state index is 0.0634. The van der Waals surface area contributed by atoms with Crippen molar-refractivity contribution in [2.45, 2.75) is 31.0 Å². The Morgan fingerprint density at radius 3 is 2.44 bits per heavy atom. The maximum absolute atomic E-state index is 11.4. The second kappa shape index (κ2) is 4.25. The molecule has 2 aliphatic rings. The summed E-state index contributed by atoms with van der Waals surface area (Å²) in [6.07, 6.45) is 1.58. The molecule has 3 unspecified atom stereocenters. The molecule has 1 aliphatic heterocycles. The quantitative estimate of drug-likeness (QED) is 0.654. The van der Waals surface area contributed by atoms with E-state index in [9.17, 15) is 13.5 Å². The van der Waals surface area contributed by atoms with E-state index in [0.717, 1.165) is 0 Å². The topological polar surface area (TPSA) is 83.6 Å². The van der Waals surface area contributed by atoms with Crippen LogP contribution in [0.15, 0.2) is 0 Å². The summed E-state index contributed by atoms with van der Waals surface area (Å²) < 4.78 is 22.9. The Morgan fingerprint density at radius 2 is 2.06 bits per heavy atom. The molecule has 94 valence electrons. The molecule has 1 aliphatic carbocycles. The lowest BCUT2D eigenvalue weighted by Gasteiger charge is -2.33. The molecule has 2 rings (SSSR count). The lowest BCUT2D eigenvalue weighted by molar-refractivity contribution is 0.0687. The fourth-order valence-electron chi connectivity index (χ4n) is 2.62. The predicted molar refractivity (Wildman–Crippen MR) is 61.8 cm³/mol. The standard InChI is InChI=1S/C10H20N2O3S/c1-12(8(4-11)7-2-3-7)9-5-16(14,15)6-10(9)13/h7-10,13H,2-6,11H2,1H3. The Kier molecular flexibility index (Phi) is 3.27. The molecule has 0 spiro atoms. The molecule has 1 saturated carbocycles. The van der Waals surface area contributed by atoms with E-state index in [1.165, 1.54) is 12.8 Å². The van der Waals surface area contributed by atoms with Gasteiger partial charge in [-0.1, -0.05) is 0 Å². The number of likely N-dealkylation sites (N-methyl/N-ethyl adjacent to an activating group) is 1. The molecular formula is C10H20N2O3S. The van der Waals surface area contributed by atoms with Gasteiger partial charge in [-0.15, -0.1) is 0 Å². The van der Waals surface area contributed by atoms with Gasteiger partial charge in [0.15, 0.2) is 9.84 Å². The molecule has 3 N–H and O–H groups in total. The lowest BCUT2D eigenvalue weighted by atomic mass is 10.1. The number of nitrogens with two attached hydrogens (primary N) is 1. The van der Waals surface area contributed by atoms with Crippen LogP contribution in [0, 0.1) is 5.92 Å². The van der Waals surface area contributed by atoms with Crippen LogP contribution in [0.5, 0.6) is 0 Å². The first-order chi connectivity index (χ1) is 7.44. The maximum Gasteiger partial charge on any atom is 0.154 e. The zero-order valence-electron chi connectivity index (χ0n) is 9.54. The average Bonchev–Trinajstić information content (AvgIpc) is 2.94. The van der Waals surface area contributed by atoms with Crippen LogP contribution < -0.4 is 5.73 Å².